The lowest BCUT2D eigenvalue weighted by Crippen LogP contribution is -2.10. The van der Waals surface area contributed by atoms with E-state index in [1.54, 1.807) is 6.92 Å². The fourth-order valence-corrected chi connectivity index (χ4v) is 1.07. The van der Waals surface area contributed by atoms with Crippen LogP contribution in [0.5, 0.6) is 0 Å². The summed E-state index contributed by atoms with van der Waals surface area (Å²) in [6, 6.07) is 7.90. The molecule has 0 saturated heterocycles. The molecule has 76 valence electrons. The molecule has 0 aromatic heterocycles. The highest BCUT2D eigenvalue weighted by Crippen LogP contribution is 2.16. The van der Waals surface area contributed by atoms with E-state index in [0.29, 0.717) is 12.2 Å². The third-order valence-electron chi connectivity index (χ3n) is 1.92. The molecule has 0 saturated carbocycles. The fraction of sp³-hybridized carbons (Fsp3) is 0.273. The quantitative estimate of drug-likeness (QED) is 0.819. The van der Waals surface area contributed by atoms with Gasteiger partial charge in [0.1, 0.15) is 11.9 Å². The maximum Gasteiger partial charge on any atom is 0.124 e. The highest BCUT2D eigenvalue weighted by atomic mass is 19.1. The van der Waals surface area contributed by atoms with Crippen LogP contribution in [0.15, 0.2) is 18.2 Å². The molecule has 1 aromatic rings. The molecule has 0 radical (unpaired) electrons. The van der Waals surface area contributed by atoms with Gasteiger partial charge in [-0.25, -0.2) is 4.39 Å². The molecular formula is C11H10FN3. The average Bonchev–Trinajstić information content (AvgIpc) is 2.26. The van der Waals surface area contributed by atoms with Crippen LogP contribution in [0.1, 0.15) is 12.5 Å². The molecule has 0 spiro atoms. The van der Waals surface area contributed by atoms with E-state index in [1.165, 1.54) is 18.2 Å². The summed E-state index contributed by atoms with van der Waals surface area (Å²) in [5, 5.41) is 20.2. The average molecular weight is 203 g/mol. The lowest BCUT2D eigenvalue weighted by atomic mass is 10.1. The highest BCUT2D eigenvalue weighted by Gasteiger charge is 2.04. The van der Waals surface area contributed by atoms with Gasteiger partial charge < -0.3 is 5.32 Å². The van der Waals surface area contributed by atoms with E-state index in [4.69, 9.17) is 10.5 Å². The Labute approximate surface area is 87.8 Å². The Hall–Kier alpha value is -2.07. The van der Waals surface area contributed by atoms with E-state index in [-0.39, 0.29) is 11.5 Å². The number of halogens is 1. The molecule has 3 nitrogen and oxygen atoms in total. The van der Waals surface area contributed by atoms with Crippen molar-refractivity contribution in [2.45, 2.75) is 6.92 Å². The summed E-state index contributed by atoms with van der Waals surface area (Å²) in [6.07, 6.45) is 0. The van der Waals surface area contributed by atoms with E-state index in [2.05, 4.69) is 11.4 Å². The van der Waals surface area contributed by atoms with Gasteiger partial charge in [-0.2, -0.15) is 10.5 Å². The van der Waals surface area contributed by atoms with Crippen LogP contribution in [0.4, 0.5) is 10.1 Å². The largest absolute Gasteiger partial charge is 0.383 e. The van der Waals surface area contributed by atoms with Gasteiger partial charge in [-0.05, 0) is 25.1 Å². The van der Waals surface area contributed by atoms with E-state index >= 15 is 0 Å². The molecule has 0 amide bonds. The van der Waals surface area contributed by atoms with Crippen molar-refractivity contribution < 1.29 is 4.39 Å². The Bertz CT molecular complexity index is 428. The molecule has 1 rings (SSSR count). The zero-order valence-corrected chi connectivity index (χ0v) is 8.29. The van der Waals surface area contributed by atoms with Crippen molar-refractivity contribution >= 4 is 5.69 Å². The van der Waals surface area contributed by atoms with Crippen molar-refractivity contribution in [3.8, 4) is 12.1 Å². The minimum atomic E-state index is -0.439. The number of hydrogen-bond donors (Lipinski definition) is 1. The van der Waals surface area contributed by atoms with Gasteiger partial charge in [0.05, 0.1) is 23.2 Å². The molecule has 0 aliphatic rings. The van der Waals surface area contributed by atoms with Crippen LogP contribution in [0.3, 0.4) is 0 Å². The van der Waals surface area contributed by atoms with Crippen LogP contribution in [0.25, 0.3) is 0 Å². The molecule has 0 aliphatic heterocycles. The Morgan fingerprint density at radius 1 is 1.47 bits per heavy atom. The van der Waals surface area contributed by atoms with Gasteiger partial charge in [-0.15, -0.1) is 0 Å². The second-order valence-corrected chi connectivity index (χ2v) is 3.21. The van der Waals surface area contributed by atoms with Crippen molar-refractivity contribution in [1.82, 2.24) is 0 Å². The van der Waals surface area contributed by atoms with Crippen molar-refractivity contribution in [1.29, 1.82) is 10.5 Å². The number of benzene rings is 1. The number of nitrogens with zero attached hydrogens (tertiary/aromatic N) is 2. The van der Waals surface area contributed by atoms with Gasteiger partial charge in [-0.3, -0.25) is 0 Å². The molecule has 1 N–H and O–H groups in total. The fourth-order valence-electron chi connectivity index (χ4n) is 1.07. The summed E-state index contributed by atoms with van der Waals surface area (Å²) in [5.41, 5.74) is 0.807. The van der Waals surface area contributed by atoms with E-state index in [0.717, 1.165) is 0 Å². The molecule has 1 aromatic carbocycles. The molecule has 0 heterocycles. The summed E-state index contributed by atoms with van der Waals surface area (Å²) in [6.45, 7) is 2.21. The standard InChI is InChI=1S/C11H10FN3/c1-8(5-13)7-15-11-3-2-10(12)4-9(11)6-14/h2-4,8,15H,7H2,1H3. The third-order valence-corrected chi connectivity index (χ3v) is 1.92. The number of nitriles is 2. The van der Waals surface area contributed by atoms with Crippen molar-refractivity contribution in [3.05, 3.63) is 29.6 Å². The van der Waals surface area contributed by atoms with Gasteiger partial charge >= 0.3 is 0 Å². The number of anilines is 1. The van der Waals surface area contributed by atoms with Crippen LogP contribution in [0.2, 0.25) is 0 Å². The number of rotatable bonds is 3. The van der Waals surface area contributed by atoms with Crippen LogP contribution in [-0.4, -0.2) is 6.54 Å². The molecule has 1 unspecified atom stereocenters. The van der Waals surface area contributed by atoms with Gasteiger partial charge in [0.15, 0.2) is 0 Å². The molecule has 0 fully saturated rings. The molecular weight excluding hydrogens is 193 g/mol. The highest BCUT2D eigenvalue weighted by molar-refractivity contribution is 5.57. The monoisotopic (exact) mass is 203 g/mol. The normalized spacial score (nSPS) is 11.2. The van der Waals surface area contributed by atoms with Crippen molar-refractivity contribution in [2.24, 2.45) is 5.92 Å². The van der Waals surface area contributed by atoms with Crippen molar-refractivity contribution in [3.63, 3.8) is 0 Å². The Morgan fingerprint density at radius 3 is 2.80 bits per heavy atom. The topological polar surface area (TPSA) is 59.6 Å². The zero-order chi connectivity index (χ0) is 11.3. The minimum Gasteiger partial charge on any atom is -0.383 e. The first-order valence-electron chi connectivity index (χ1n) is 4.50. The summed E-state index contributed by atoms with van der Waals surface area (Å²) in [5.74, 6) is -0.591. The first-order chi connectivity index (χ1) is 7.17. The summed E-state index contributed by atoms with van der Waals surface area (Å²) >= 11 is 0. The second kappa shape index (κ2) is 4.97. The van der Waals surface area contributed by atoms with E-state index < -0.39 is 5.82 Å². The van der Waals surface area contributed by atoms with Gasteiger partial charge in [0.2, 0.25) is 0 Å². The Kier molecular flexibility index (Phi) is 3.65. The van der Waals surface area contributed by atoms with Crippen molar-refractivity contribution in [2.75, 3.05) is 11.9 Å². The Balaban J connectivity index is 2.79. The summed E-state index contributed by atoms with van der Waals surface area (Å²) in [7, 11) is 0. The van der Waals surface area contributed by atoms with Gasteiger partial charge in [-0.1, -0.05) is 0 Å². The van der Waals surface area contributed by atoms with Crippen LogP contribution >= 0.6 is 0 Å². The predicted molar refractivity (Wildman–Crippen MR) is 54.4 cm³/mol. The summed E-state index contributed by atoms with van der Waals surface area (Å²) < 4.78 is 12.8. The van der Waals surface area contributed by atoms with Gasteiger partial charge in [0.25, 0.3) is 0 Å². The number of nitrogens with one attached hydrogen (secondary N) is 1. The smallest absolute Gasteiger partial charge is 0.124 e. The first-order valence-corrected chi connectivity index (χ1v) is 4.50. The van der Waals surface area contributed by atoms with E-state index in [9.17, 15) is 4.39 Å². The first kappa shape index (κ1) is 11.0. The summed E-state index contributed by atoms with van der Waals surface area (Å²) in [4.78, 5) is 0. The third kappa shape index (κ3) is 2.96. The van der Waals surface area contributed by atoms with E-state index in [1.807, 2.05) is 6.07 Å². The van der Waals surface area contributed by atoms with Crippen LogP contribution in [-0.2, 0) is 0 Å². The SMILES string of the molecule is CC(C#N)CNc1ccc(F)cc1C#N. The maximum atomic E-state index is 12.8. The molecule has 0 aliphatic carbocycles. The zero-order valence-electron chi connectivity index (χ0n) is 8.29. The Morgan fingerprint density at radius 2 is 2.20 bits per heavy atom. The lowest BCUT2D eigenvalue weighted by molar-refractivity contribution is 0.627. The molecule has 1 atom stereocenters. The maximum absolute atomic E-state index is 12.8. The van der Waals surface area contributed by atoms with Gasteiger partial charge in [0, 0.05) is 6.54 Å². The number of hydrogen-bond acceptors (Lipinski definition) is 3. The minimum absolute atomic E-state index is 0.151. The molecule has 15 heavy (non-hydrogen) atoms. The predicted octanol–water partition coefficient (Wildman–Crippen LogP) is 2.27. The van der Waals surface area contributed by atoms with Crippen LogP contribution < -0.4 is 5.32 Å². The molecule has 4 heteroatoms. The second-order valence-electron chi connectivity index (χ2n) is 3.21. The lowest BCUT2D eigenvalue weighted by Gasteiger charge is -2.08. The molecule has 0 bridgehead atoms. The van der Waals surface area contributed by atoms with Crippen LogP contribution in [0, 0.1) is 34.4 Å².